The van der Waals surface area contributed by atoms with E-state index in [1.165, 1.54) is 0 Å². The van der Waals surface area contributed by atoms with E-state index in [2.05, 4.69) is 10.3 Å². The van der Waals surface area contributed by atoms with Crippen molar-refractivity contribution in [3.63, 3.8) is 0 Å². The number of nitrogens with zero attached hydrogens (tertiary/aromatic N) is 2. The van der Waals surface area contributed by atoms with E-state index in [-0.39, 0.29) is 0 Å². The molecule has 0 heterocycles. The van der Waals surface area contributed by atoms with Crippen LogP contribution in [-0.4, -0.2) is 12.4 Å². The van der Waals surface area contributed by atoms with Gasteiger partial charge in [0.05, 0.1) is 12.4 Å². The van der Waals surface area contributed by atoms with Gasteiger partial charge in [-0.25, -0.2) is 0 Å². The van der Waals surface area contributed by atoms with Gasteiger partial charge in [-0.05, 0) is 29.3 Å². The molecular weight excluding hydrogens is 395 g/mol. The van der Waals surface area contributed by atoms with Crippen molar-refractivity contribution in [3.8, 4) is 0 Å². The van der Waals surface area contributed by atoms with E-state index in [1.807, 2.05) is 60.7 Å². The monoisotopic (exact) mass is 412 g/mol. The molecule has 0 saturated heterocycles. The minimum absolute atomic E-state index is 0.345. The van der Waals surface area contributed by atoms with Gasteiger partial charge in [-0.2, -0.15) is 0 Å². The highest BCUT2D eigenvalue weighted by Crippen LogP contribution is 2.14. The van der Waals surface area contributed by atoms with Gasteiger partial charge in [0.25, 0.3) is 0 Å². The molecule has 4 nitrogen and oxygen atoms in total. The molecule has 0 atom stereocenters. The van der Waals surface area contributed by atoms with E-state index in [9.17, 15) is 0 Å². The van der Waals surface area contributed by atoms with Gasteiger partial charge in [0, 0.05) is 21.2 Å². The first-order chi connectivity index (χ1) is 13.7. The third-order valence-corrected chi connectivity index (χ3v) is 4.49. The molecule has 0 spiro atoms. The molecule has 3 aromatic rings. The lowest BCUT2D eigenvalue weighted by Crippen LogP contribution is -1.93. The van der Waals surface area contributed by atoms with E-state index in [0.717, 1.165) is 22.3 Å². The van der Waals surface area contributed by atoms with Crippen molar-refractivity contribution < 1.29 is 9.68 Å². The maximum absolute atomic E-state index is 6.07. The summed E-state index contributed by atoms with van der Waals surface area (Å²) in [6, 6.07) is 22.7. The Labute approximate surface area is 174 Å². The summed E-state index contributed by atoms with van der Waals surface area (Å²) in [5.41, 5.74) is 3.57. The minimum Gasteiger partial charge on any atom is -0.391 e. The first-order valence-corrected chi connectivity index (χ1v) is 9.35. The fraction of sp³-hybridized carbons (Fsp3) is 0.0909. The van der Waals surface area contributed by atoms with E-state index < -0.39 is 0 Å². The summed E-state index contributed by atoms with van der Waals surface area (Å²) in [5, 5.41) is 9.20. The molecule has 0 amide bonds. The third kappa shape index (κ3) is 6.12. The first-order valence-electron chi connectivity index (χ1n) is 8.60. The summed E-state index contributed by atoms with van der Waals surface area (Å²) in [4.78, 5) is 10.7. The number of hydrogen-bond donors (Lipinski definition) is 0. The molecule has 0 aromatic heterocycles. The van der Waals surface area contributed by atoms with Crippen LogP contribution in [0.1, 0.15) is 22.3 Å². The second-order valence-electron chi connectivity index (χ2n) is 5.88. The van der Waals surface area contributed by atoms with Gasteiger partial charge in [0.2, 0.25) is 0 Å². The smallest absolute Gasteiger partial charge is 0.142 e. The van der Waals surface area contributed by atoms with E-state index in [4.69, 9.17) is 32.9 Å². The largest absolute Gasteiger partial charge is 0.391 e. The average molecular weight is 413 g/mol. The molecule has 0 N–H and O–H groups in total. The molecule has 28 heavy (non-hydrogen) atoms. The lowest BCUT2D eigenvalue weighted by Gasteiger charge is -2.04. The summed E-state index contributed by atoms with van der Waals surface area (Å²) >= 11 is 12.1. The fourth-order valence-corrected chi connectivity index (χ4v) is 2.75. The zero-order chi connectivity index (χ0) is 19.6. The number of halogens is 2. The van der Waals surface area contributed by atoms with Gasteiger partial charge in [0.15, 0.2) is 0 Å². The topological polar surface area (TPSA) is 43.2 Å². The minimum atomic E-state index is 0.345. The molecule has 0 aliphatic carbocycles. The van der Waals surface area contributed by atoms with E-state index in [1.54, 1.807) is 24.6 Å². The lowest BCUT2D eigenvalue weighted by molar-refractivity contribution is 0.128. The van der Waals surface area contributed by atoms with Gasteiger partial charge in [-0.15, -0.1) is 0 Å². The molecule has 0 radical (unpaired) electrons. The van der Waals surface area contributed by atoms with Crippen LogP contribution in [0.3, 0.4) is 0 Å². The summed E-state index contributed by atoms with van der Waals surface area (Å²) in [7, 11) is 0. The number of benzene rings is 3. The molecule has 0 unspecified atom stereocenters. The highest BCUT2D eigenvalue weighted by atomic mass is 35.5. The quantitative estimate of drug-likeness (QED) is 0.331. The number of rotatable bonds is 8. The zero-order valence-corrected chi connectivity index (χ0v) is 16.5. The fourth-order valence-electron chi connectivity index (χ4n) is 2.38. The maximum Gasteiger partial charge on any atom is 0.142 e. The van der Waals surface area contributed by atoms with Gasteiger partial charge in [0.1, 0.15) is 13.2 Å². The Balaban J connectivity index is 1.48. The molecule has 3 aromatic carbocycles. The Morgan fingerprint density at radius 3 is 1.57 bits per heavy atom. The molecule has 0 aliphatic rings. The van der Waals surface area contributed by atoms with Crippen molar-refractivity contribution in [2.75, 3.05) is 0 Å². The predicted molar refractivity (Wildman–Crippen MR) is 114 cm³/mol. The van der Waals surface area contributed by atoms with Crippen LogP contribution in [0.25, 0.3) is 0 Å². The van der Waals surface area contributed by atoms with Gasteiger partial charge >= 0.3 is 0 Å². The SMILES string of the molecule is Clc1ccccc1/C=N/OCc1cccc(CO/N=C/c2ccccc2Cl)c1. The molecule has 0 fully saturated rings. The normalized spacial score (nSPS) is 11.2. The highest BCUT2D eigenvalue weighted by molar-refractivity contribution is 6.33. The van der Waals surface area contributed by atoms with Crippen molar-refractivity contribution in [3.05, 3.63) is 105 Å². The Morgan fingerprint density at radius 2 is 1.11 bits per heavy atom. The van der Waals surface area contributed by atoms with Crippen LogP contribution >= 0.6 is 23.2 Å². The standard InChI is InChI=1S/C22H18Cl2N2O2/c23-21-10-3-1-8-19(21)13-25-27-15-17-6-5-7-18(12-17)16-28-26-14-20-9-2-4-11-22(20)24/h1-14H,15-16H2/b25-13+,26-14+. The Hall–Kier alpha value is -2.82. The van der Waals surface area contributed by atoms with Gasteiger partial charge in [-0.3, -0.25) is 0 Å². The van der Waals surface area contributed by atoms with E-state index >= 15 is 0 Å². The van der Waals surface area contributed by atoms with Gasteiger partial charge < -0.3 is 9.68 Å². The molecule has 142 valence electrons. The van der Waals surface area contributed by atoms with Crippen LogP contribution in [0.4, 0.5) is 0 Å². The molecule has 0 bridgehead atoms. The predicted octanol–water partition coefficient (Wildman–Crippen LogP) is 6.09. The highest BCUT2D eigenvalue weighted by Gasteiger charge is 1.99. The zero-order valence-electron chi connectivity index (χ0n) is 15.0. The van der Waals surface area contributed by atoms with Crippen LogP contribution in [0, 0.1) is 0 Å². The summed E-state index contributed by atoms with van der Waals surface area (Å²) in [6.07, 6.45) is 3.19. The Bertz CT molecular complexity index is 899. The molecule has 0 saturated carbocycles. The van der Waals surface area contributed by atoms with Crippen molar-refractivity contribution in [2.45, 2.75) is 13.2 Å². The molecular formula is C22H18Cl2N2O2. The Kier molecular flexibility index (Phi) is 7.47. The third-order valence-electron chi connectivity index (χ3n) is 3.80. The molecule has 0 aliphatic heterocycles. The van der Waals surface area contributed by atoms with Crippen LogP contribution in [0.2, 0.25) is 10.0 Å². The first kappa shape index (κ1) is 19.9. The second kappa shape index (κ2) is 10.5. The van der Waals surface area contributed by atoms with Crippen molar-refractivity contribution in [2.24, 2.45) is 10.3 Å². The second-order valence-corrected chi connectivity index (χ2v) is 6.69. The summed E-state index contributed by atoms with van der Waals surface area (Å²) < 4.78 is 0. The van der Waals surface area contributed by atoms with Crippen molar-refractivity contribution in [1.82, 2.24) is 0 Å². The number of oxime groups is 2. The van der Waals surface area contributed by atoms with Gasteiger partial charge in [-0.1, -0.05) is 88.1 Å². The van der Waals surface area contributed by atoms with Crippen molar-refractivity contribution >= 4 is 35.6 Å². The van der Waals surface area contributed by atoms with Crippen molar-refractivity contribution in [1.29, 1.82) is 0 Å². The number of hydrogen-bond acceptors (Lipinski definition) is 4. The molecule has 3 rings (SSSR count). The summed E-state index contributed by atoms with van der Waals surface area (Å²) in [6.45, 7) is 0.690. The van der Waals surface area contributed by atoms with E-state index in [0.29, 0.717) is 23.3 Å². The van der Waals surface area contributed by atoms with Crippen LogP contribution in [0.5, 0.6) is 0 Å². The van der Waals surface area contributed by atoms with Crippen LogP contribution in [-0.2, 0) is 22.9 Å². The van der Waals surface area contributed by atoms with Crippen LogP contribution in [0.15, 0.2) is 83.1 Å². The lowest BCUT2D eigenvalue weighted by atomic mass is 10.1. The maximum atomic E-state index is 6.07. The average Bonchev–Trinajstić information content (AvgIpc) is 2.71. The Morgan fingerprint density at radius 1 is 0.643 bits per heavy atom. The summed E-state index contributed by atoms with van der Waals surface area (Å²) in [5.74, 6) is 0. The van der Waals surface area contributed by atoms with Crippen LogP contribution < -0.4 is 0 Å². The molecule has 6 heteroatoms.